The summed E-state index contributed by atoms with van der Waals surface area (Å²) in [5, 5.41) is 6.26. The van der Waals surface area contributed by atoms with Crippen molar-refractivity contribution in [1.82, 2.24) is 9.78 Å². The third kappa shape index (κ3) is 4.33. The van der Waals surface area contributed by atoms with Crippen LogP contribution in [-0.2, 0) is 18.3 Å². The average Bonchev–Trinajstić information content (AvgIpc) is 2.95. The molecule has 0 radical (unpaired) electrons. The highest BCUT2D eigenvalue weighted by atomic mass is 19.3. The van der Waals surface area contributed by atoms with Crippen molar-refractivity contribution >= 4 is 11.6 Å². The Labute approximate surface area is 152 Å². The van der Waals surface area contributed by atoms with Gasteiger partial charge in [0.05, 0.1) is 6.42 Å². The lowest BCUT2D eigenvalue weighted by Crippen LogP contribution is -2.15. The predicted octanol–water partition coefficient (Wildman–Crippen LogP) is 4.48. The molecule has 8 heteroatoms. The lowest BCUT2D eigenvalue weighted by atomic mass is 10.0. The van der Waals surface area contributed by atoms with Crippen molar-refractivity contribution in [2.45, 2.75) is 12.8 Å². The molecule has 1 N–H and O–H groups in total. The maximum absolute atomic E-state index is 13.5. The number of nitrogens with zero attached hydrogens (tertiary/aromatic N) is 2. The fourth-order valence-electron chi connectivity index (χ4n) is 2.80. The van der Waals surface area contributed by atoms with E-state index >= 15 is 0 Å². The summed E-state index contributed by atoms with van der Waals surface area (Å²) < 4.78 is 54.2. The summed E-state index contributed by atoms with van der Waals surface area (Å²) in [4.78, 5) is 12.3. The minimum Gasteiger partial charge on any atom is -0.325 e. The van der Waals surface area contributed by atoms with Crippen LogP contribution in [0.5, 0.6) is 0 Å². The number of aryl methyl sites for hydroxylation is 1. The molecule has 0 aliphatic carbocycles. The molecule has 1 aromatic heterocycles. The molecule has 140 valence electrons. The van der Waals surface area contributed by atoms with E-state index in [1.54, 1.807) is 24.3 Å². The number of hydrogen-bond donors (Lipinski definition) is 1. The molecule has 3 rings (SSSR count). The van der Waals surface area contributed by atoms with Crippen molar-refractivity contribution in [3.8, 4) is 11.1 Å². The molecule has 0 atom stereocenters. The van der Waals surface area contributed by atoms with Crippen molar-refractivity contribution in [3.05, 3.63) is 71.6 Å². The molecular weight excluding hydrogens is 362 g/mol. The summed E-state index contributed by atoms with van der Waals surface area (Å²) in [6, 6.07) is 9.49. The molecule has 0 fully saturated rings. The van der Waals surface area contributed by atoms with Gasteiger partial charge < -0.3 is 5.32 Å². The second kappa shape index (κ2) is 7.61. The smallest absolute Gasteiger partial charge is 0.282 e. The minimum atomic E-state index is -2.79. The SMILES string of the molecule is Cn1cc(CC(=O)Nc2ccccc2-c2cc(F)cc(F)c2)c(C(F)F)n1. The van der Waals surface area contributed by atoms with Crippen LogP contribution in [0.1, 0.15) is 17.7 Å². The largest absolute Gasteiger partial charge is 0.325 e. The number of para-hydroxylation sites is 1. The standard InChI is InChI=1S/C19H15F4N3O/c1-26-10-12(18(25-26)19(22)23)8-17(27)24-16-5-3-2-4-15(16)11-6-13(20)9-14(21)7-11/h2-7,9-10,19H,8H2,1H3,(H,24,27). The molecule has 0 saturated carbocycles. The van der Waals surface area contributed by atoms with Crippen molar-refractivity contribution in [1.29, 1.82) is 0 Å². The molecule has 0 spiro atoms. The quantitative estimate of drug-likeness (QED) is 0.667. The number of hydrogen-bond acceptors (Lipinski definition) is 2. The monoisotopic (exact) mass is 377 g/mol. The summed E-state index contributed by atoms with van der Waals surface area (Å²) in [6.07, 6.45) is -1.74. The zero-order valence-corrected chi connectivity index (χ0v) is 14.2. The Morgan fingerprint density at radius 2 is 1.81 bits per heavy atom. The first-order valence-electron chi connectivity index (χ1n) is 7.99. The topological polar surface area (TPSA) is 46.9 Å². The average molecular weight is 377 g/mol. The molecule has 1 amide bonds. The van der Waals surface area contributed by atoms with Crippen LogP contribution in [0.15, 0.2) is 48.7 Å². The second-order valence-electron chi connectivity index (χ2n) is 5.94. The van der Waals surface area contributed by atoms with Gasteiger partial charge in [-0.25, -0.2) is 17.6 Å². The number of alkyl halides is 2. The number of carbonyl (C=O) groups excluding carboxylic acids is 1. The zero-order valence-electron chi connectivity index (χ0n) is 14.2. The summed E-state index contributed by atoms with van der Waals surface area (Å²) in [7, 11) is 1.49. The van der Waals surface area contributed by atoms with Crippen LogP contribution in [0.25, 0.3) is 11.1 Å². The van der Waals surface area contributed by atoms with Gasteiger partial charge in [0.15, 0.2) is 0 Å². The Morgan fingerprint density at radius 1 is 1.15 bits per heavy atom. The van der Waals surface area contributed by atoms with Gasteiger partial charge in [-0.15, -0.1) is 0 Å². The number of benzene rings is 2. The van der Waals surface area contributed by atoms with E-state index in [0.717, 1.165) is 18.2 Å². The normalized spacial score (nSPS) is 11.0. The van der Waals surface area contributed by atoms with Gasteiger partial charge in [-0.3, -0.25) is 9.48 Å². The Hall–Kier alpha value is -3.16. The summed E-state index contributed by atoms with van der Waals surface area (Å²) in [5.74, 6) is -2.04. The van der Waals surface area contributed by atoms with Gasteiger partial charge in [0, 0.05) is 36.1 Å². The molecule has 27 heavy (non-hydrogen) atoms. The molecule has 3 aromatic rings. The van der Waals surface area contributed by atoms with Crippen LogP contribution in [0.2, 0.25) is 0 Å². The Morgan fingerprint density at radius 3 is 2.48 bits per heavy atom. The van der Waals surface area contributed by atoms with Gasteiger partial charge in [0.1, 0.15) is 17.3 Å². The van der Waals surface area contributed by atoms with Crippen LogP contribution >= 0.6 is 0 Å². The summed E-state index contributed by atoms with van der Waals surface area (Å²) in [5.41, 5.74) is 0.630. The lowest BCUT2D eigenvalue weighted by molar-refractivity contribution is -0.115. The van der Waals surface area contributed by atoms with Crippen LogP contribution in [0, 0.1) is 11.6 Å². The van der Waals surface area contributed by atoms with E-state index in [1.165, 1.54) is 17.9 Å². The van der Waals surface area contributed by atoms with Crippen LogP contribution in [0.3, 0.4) is 0 Å². The molecule has 0 aliphatic heterocycles. The van der Waals surface area contributed by atoms with Gasteiger partial charge in [-0.2, -0.15) is 5.10 Å². The van der Waals surface area contributed by atoms with Gasteiger partial charge in [0.2, 0.25) is 5.91 Å². The molecule has 0 saturated heterocycles. The van der Waals surface area contributed by atoms with Gasteiger partial charge in [-0.1, -0.05) is 18.2 Å². The molecule has 1 heterocycles. The predicted molar refractivity (Wildman–Crippen MR) is 92.3 cm³/mol. The first-order chi connectivity index (χ1) is 12.8. The van der Waals surface area contributed by atoms with Crippen LogP contribution in [0.4, 0.5) is 23.2 Å². The number of halogens is 4. The Bertz CT molecular complexity index is 965. The number of aromatic nitrogens is 2. The van der Waals surface area contributed by atoms with Crippen LogP contribution < -0.4 is 5.32 Å². The van der Waals surface area contributed by atoms with E-state index in [4.69, 9.17) is 0 Å². The lowest BCUT2D eigenvalue weighted by Gasteiger charge is -2.12. The molecule has 0 unspecified atom stereocenters. The first kappa shape index (κ1) is 18.6. The Kier molecular flexibility index (Phi) is 5.25. The number of carbonyl (C=O) groups is 1. The summed E-state index contributed by atoms with van der Waals surface area (Å²) in [6.45, 7) is 0. The maximum Gasteiger partial charge on any atom is 0.282 e. The number of amides is 1. The first-order valence-corrected chi connectivity index (χ1v) is 7.99. The Balaban J connectivity index is 1.85. The highest BCUT2D eigenvalue weighted by Gasteiger charge is 2.20. The molecule has 0 aliphatic rings. The molecule has 0 bridgehead atoms. The van der Waals surface area contributed by atoms with Gasteiger partial charge in [-0.05, 0) is 23.8 Å². The second-order valence-corrected chi connectivity index (χ2v) is 5.94. The van der Waals surface area contributed by atoms with E-state index in [2.05, 4.69) is 10.4 Å². The minimum absolute atomic E-state index is 0.110. The van der Waals surface area contributed by atoms with E-state index in [9.17, 15) is 22.4 Å². The summed E-state index contributed by atoms with van der Waals surface area (Å²) >= 11 is 0. The van der Waals surface area contributed by atoms with E-state index in [1.807, 2.05) is 0 Å². The van der Waals surface area contributed by atoms with Gasteiger partial charge >= 0.3 is 0 Å². The van der Waals surface area contributed by atoms with Crippen LogP contribution in [-0.4, -0.2) is 15.7 Å². The molecular formula is C19H15F4N3O. The molecule has 4 nitrogen and oxygen atoms in total. The highest BCUT2D eigenvalue weighted by Crippen LogP contribution is 2.29. The number of rotatable bonds is 5. The van der Waals surface area contributed by atoms with Crippen molar-refractivity contribution < 1.29 is 22.4 Å². The third-order valence-corrected chi connectivity index (χ3v) is 3.87. The molecule has 2 aromatic carbocycles. The zero-order chi connectivity index (χ0) is 19.6. The van der Waals surface area contributed by atoms with Crippen molar-refractivity contribution in [3.63, 3.8) is 0 Å². The maximum atomic E-state index is 13.5. The van der Waals surface area contributed by atoms with E-state index in [-0.39, 0.29) is 17.5 Å². The fraction of sp³-hybridized carbons (Fsp3) is 0.158. The number of anilines is 1. The van der Waals surface area contributed by atoms with E-state index < -0.39 is 29.7 Å². The van der Waals surface area contributed by atoms with Crippen molar-refractivity contribution in [2.75, 3.05) is 5.32 Å². The fourth-order valence-corrected chi connectivity index (χ4v) is 2.80. The van der Waals surface area contributed by atoms with Gasteiger partial charge in [0.25, 0.3) is 6.43 Å². The number of nitrogens with one attached hydrogen (secondary N) is 1. The van der Waals surface area contributed by atoms with E-state index in [0.29, 0.717) is 11.3 Å². The van der Waals surface area contributed by atoms with Crippen molar-refractivity contribution in [2.24, 2.45) is 7.05 Å². The highest BCUT2D eigenvalue weighted by molar-refractivity contribution is 5.96. The third-order valence-electron chi connectivity index (χ3n) is 3.87.